The molecule has 0 saturated carbocycles. The van der Waals surface area contributed by atoms with E-state index >= 15 is 0 Å². The molecule has 140 valence electrons. The molecule has 1 fully saturated rings. The Balaban J connectivity index is 2.12. The van der Waals surface area contributed by atoms with Crippen molar-refractivity contribution in [3.05, 3.63) is 22.7 Å². The van der Waals surface area contributed by atoms with Crippen molar-refractivity contribution < 1.29 is 14.0 Å². The molecular formula is C16H28N4O4Si. The molecular weight excluding hydrogens is 340 g/mol. The molecule has 0 bridgehead atoms. The second-order valence-electron chi connectivity index (χ2n) is 7.75. The number of nitrogens with zero attached hydrogens (tertiary/aromatic N) is 3. The van der Waals surface area contributed by atoms with Gasteiger partial charge in [-0.05, 0) is 24.2 Å². The monoisotopic (exact) mass is 368 g/mol. The highest BCUT2D eigenvalue weighted by molar-refractivity contribution is 6.74. The van der Waals surface area contributed by atoms with Crippen LogP contribution in [0.2, 0.25) is 18.1 Å². The fraction of sp³-hybridized carbons (Fsp3) is 0.688. The molecule has 0 unspecified atom stereocenters. The Labute approximate surface area is 149 Å². The van der Waals surface area contributed by atoms with Crippen LogP contribution in [0.5, 0.6) is 0 Å². The van der Waals surface area contributed by atoms with Gasteiger partial charge in [0.05, 0.1) is 6.61 Å². The topological polar surface area (TPSA) is 101 Å². The lowest BCUT2D eigenvalue weighted by molar-refractivity contribution is -0.0586. The first-order valence-corrected chi connectivity index (χ1v) is 11.2. The Hall–Kier alpha value is -1.71. The summed E-state index contributed by atoms with van der Waals surface area (Å²) in [6.07, 6.45) is 0.854. The van der Waals surface area contributed by atoms with Crippen molar-refractivity contribution >= 4 is 20.9 Å². The molecule has 25 heavy (non-hydrogen) atoms. The zero-order chi connectivity index (χ0) is 18.8. The second-order valence-corrected chi connectivity index (χ2v) is 12.6. The van der Waals surface area contributed by atoms with Gasteiger partial charge >= 0.3 is 5.69 Å². The molecule has 1 aliphatic rings. The van der Waals surface area contributed by atoms with Gasteiger partial charge in [0.15, 0.2) is 14.4 Å². The Morgan fingerprint density at radius 1 is 1.52 bits per heavy atom. The van der Waals surface area contributed by atoms with Crippen molar-refractivity contribution in [2.75, 3.05) is 12.3 Å². The third-order valence-corrected chi connectivity index (χ3v) is 9.47. The van der Waals surface area contributed by atoms with E-state index in [4.69, 9.17) is 19.7 Å². The van der Waals surface area contributed by atoms with Gasteiger partial charge in [-0.2, -0.15) is 4.98 Å². The van der Waals surface area contributed by atoms with Gasteiger partial charge in [0.25, 0.3) is 0 Å². The molecule has 0 radical (unpaired) electrons. The van der Waals surface area contributed by atoms with Crippen LogP contribution >= 0.6 is 0 Å². The predicted molar refractivity (Wildman–Crippen MR) is 99.0 cm³/mol. The van der Waals surface area contributed by atoms with Crippen molar-refractivity contribution in [2.24, 2.45) is 5.16 Å². The lowest BCUT2D eigenvalue weighted by Gasteiger charge is -2.37. The van der Waals surface area contributed by atoms with Crippen molar-refractivity contribution in [2.45, 2.75) is 63.8 Å². The number of nitrogens with two attached hydrogens (primary N) is 1. The van der Waals surface area contributed by atoms with Gasteiger partial charge in [-0.25, -0.2) is 4.79 Å². The summed E-state index contributed by atoms with van der Waals surface area (Å²) < 4.78 is 13.6. The minimum Gasteiger partial charge on any atom is -0.414 e. The first-order chi connectivity index (χ1) is 11.5. The summed E-state index contributed by atoms with van der Waals surface area (Å²) in [5.74, 6) is 0.178. The molecule has 3 atom stereocenters. The van der Waals surface area contributed by atoms with Crippen LogP contribution in [-0.4, -0.2) is 43.4 Å². The maximum absolute atomic E-state index is 12.0. The summed E-state index contributed by atoms with van der Waals surface area (Å²) in [7, 11) is -1.92. The molecule has 2 rings (SSSR count). The molecule has 0 amide bonds. The maximum atomic E-state index is 12.0. The van der Waals surface area contributed by atoms with Crippen LogP contribution in [0.4, 0.5) is 5.82 Å². The van der Waals surface area contributed by atoms with Gasteiger partial charge < -0.3 is 19.7 Å². The summed E-state index contributed by atoms with van der Waals surface area (Å²) in [5.41, 5.74) is 5.08. The van der Waals surface area contributed by atoms with E-state index in [-0.39, 0.29) is 23.1 Å². The summed E-state index contributed by atoms with van der Waals surface area (Å²) in [6, 6.07) is 1.56. The number of hydrogen-bond acceptors (Lipinski definition) is 7. The maximum Gasteiger partial charge on any atom is 0.351 e. The van der Waals surface area contributed by atoms with E-state index in [2.05, 4.69) is 50.7 Å². The molecule has 1 aromatic rings. The molecule has 1 aliphatic heterocycles. The molecule has 0 spiro atoms. The van der Waals surface area contributed by atoms with E-state index in [1.54, 1.807) is 12.3 Å². The van der Waals surface area contributed by atoms with E-state index in [0.717, 1.165) is 0 Å². The van der Waals surface area contributed by atoms with Crippen LogP contribution in [0, 0.1) is 0 Å². The Morgan fingerprint density at radius 2 is 2.20 bits per heavy atom. The number of nitrogen functional groups attached to an aromatic ring is 1. The summed E-state index contributed by atoms with van der Waals surface area (Å²) in [5, 5.41) is 3.62. The standard InChI is InChI=1S/C16H28N4O4Si/c1-16(2,3)25(5,6)22-10-12-11(24-18-4)9-14(23-12)20-8-7-13(17)19-15(20)21/h7-8,11-12,14H,4,9-10H2,1-3,5-6H3,(H2,17,19,21)/t11-,12+,14+/m0/s1. The van der Waals surface area contributed by atoms with Crippen LogP contribution in [0.15, 0.2) is 22.2 Å². The fourth-order valence-electron chi connectivity index (χ4n) is 2.38. The molecule has 9 heteroatoms. The lowest BCUT2D eigenvalue weighted by Crippen LogP contribution is -2.44. The van der Waals surface area contributed by atoms with Crippen LogP contribution < -0.4 is 11.4 Å². The summed E-state index contributed by atoms with van der Waals surface area (Å²) >= 11 is 0. The average Bonchev–Trinajstić information content (AvgIpc) is 2.87. The van der Waals surface area contributed by atoms with Gasteiger partial charge in [-0.15, -0.1) is 5.16 Å². The lowest BCUT2D eigenvalue weighted by atomic mass is 10.2. The normalized spacial score (nSPS) is 24.3. The molecule has 0 aliphatic carbocycles. The van der Waals surface area contributed by atoms with E-state index < -0.39 is 20.2 Å². The zero-order valence-corrected chi connectivity index (χ0v) is 16.6. The highest BCUT2D eigenvalue weighted by atomic mass is 28.4. The molecule has 8 nitrogen and oxygen atoms in total. The Kier molecular flexibility index (Phi) is 5.70. The third-order valence-electron chi connectivity index (χ3n) is 4.97. The first kappa shape index (κ1) is 19.6. The van der Waals surface area contributed by atoms with E-state index in [1.807, 2.05) is 0 Å². The number of aromatic nitrogens is 2. The van der Waals surface area contributed by atoms with Crippen LogP contribution in [-0.2, 0) is 14.0 Å². The minimum absolute atomic E-state index is 0.0931. The van der Waals surface area contributed by atoms with Gasteiger partial charge in [0.2, 0.25) is 0 Å². The van der Waals surface area contributed by atoms with Crippen LogP contribution in [0.25, 0.3) is 0 Å². The van der Waals surface area contributed by atoms with E-state index in [9.17, 15) is 4.79 Å². The van der Waals surface area contributed by atoms with E-state index in [0.29, 0.717) is 13.0 Å². The van der Waals surface area contributed by atoms with Crippen molar-refractivity contribution in [3.63, 3.8) is 0 Å². The summed E-state index contributed by atoms with van der Waals surface area (Å²) in [6.45, 7) is 14.6. The number of rotatable bonds is 6. The number of anilines is 1. The van der Waals surface area contributed by atoms with Crippen molar-refractivity contribution in [1.82, 2.24) is 9.55 Å². The minimum atomic E-state index is -1.92. The van der Waals surface area contributed by atoms with Crippen molar-refractivity contribution in [3.8, 4) is 0 Å². The van der Waals surface area contributed by atoms with Gasteiger partial charge in [-0.1, -0.05) is 20.8 Å². The van der Waals surface area contributed by atoms with Crippen LogP contribution in [0.1, 0.15) is 33.4 Å². The largest absolute Gasteiger partial charge is 0.414 e. The molecule has 2 heterocycles. The average molecular weight is 369 g/mol. The fourth-order valence-corrected chi connectivity index (χ4v) is 3.39. The molecule has 2 N–H and O–H groups in total. The van der Waals surface area contributed by atoms with Crippen molar-refractivity contribution in [1.29, 1.82) is 0 Å². The predicted octanol–water partition coefficient (Wildman–Crippen LogP) is 2.14. The SMILES string of the molecule is C=NO[C@H]1C[C@H](n2ccc(N)nc2=O)O[C@@H]1CO[Si](C)(C)C(C)(C)C. The molecule has 1 aromatic heterocycles. The number of oxime groups is 1. The molecule has 0 aromatic carbocycles. The van der Waals surface area contributed by atoms with Crippen LogP contribution in [0.3, 0.4) is 0 Å². The van der Waals surface area contributed by atoms with Gasteiger partial charge in [0, 0.05) is 19.3 Å². The first-order valence-electron chi connectivity index (χ1n) is 8.31. The Bertz CT molecular complexity index is 671. The van der Waals surface area contributed by atoms with Gasteiger partial charge in [-0.3, -0.25) is 4.57 Å². The smallest absolute Gasteiger partial charge is 0.351 e. The number of ether oxygens (including phenoxy) is 1. The van der Waals surface area contributed by atoms with E-state index in [1.165, 1.54) is 4.57 Å². The summed E-state index contributed by atoms with van der Waals surface area (Å²) in [4.78, 5) is 21.1. The zero-order valence-electron chi connectivity index (χ0n) is 15.6. The van der Waals surface area contributed by atoms with Gasteiger partial charge in [0.1, 0.15) is 18.1 Å². The highest BCUT2D eigenvalue weighted by Crippen LogP contribution is 2.38. The quantitative estimate of drug-likeness (QED) is 0.469. The Morgan fingerprint density at radius 3 is 2.76 bits per heavy atom. The molecule has 1 saturated heterocycles. The highest BCUT2D eigenvalue weighted by Gasteiger charge is 2.42. The number of hydrogen-bond donors (Lipinski definition) is 1. The third kappa shape index (κ3) is 4.47. The second kappa shape index (κ2) is 7.26.